The Morgan fingerprint density at radius 2 is 1.59 bits per heavy atom. The number of ether oxygens (including phenoxy) is 1. The van der Waals surface area contributed by atoms with E-state index in [1.807, 2.05) is 0 Å². The van der Waals surface area contributed by atoms with E-state index < -0.39 is 18.0 Å². The third-order valence-corrected chi connectivity index (χ3v) is 5.49. The van der Waals surface area contributed by atoms with Crippen molar-refractivity contribution >= 4 is 51.5 Å². The van der Waals surface area contributed by atoms with Gasteiger partial charge in [-0.2, -0.15) is 5.10 Å². The molecule has 1 aromatic heterocycles. The second-order valence-corrected chi connectivity index (χ2v) is 8.23. The van der Waals surface area contributed by atoms with Crippen LogP contribution in [0.2, 0.25) is 10.0 Å². The molecule has 1 amide bonds. The van der Waals surface area contributed by atoms with Crippen molar-refractivity contribution in [3.05, 3.63) is 104 Å². The molecule has 4 aromatic rings. The molecular weight excluding hydrogens is 477 g/mol. The summed E-state index contributed by atoms with van der Waals surface area (Å²) in [6.07, 6.45) is -1.30. The molecule has 3 aromatic carbocycles. The number of hydrogen-bond donors (Lipinski definition) is 1. The van der Waals surface area contributed by atoms with Gasteiger partial charge in [-0.05, 0) is 31.2 Å². The Morgan fingerprint density at radius 3 is 2.24 bits per heavy atom. The van der Waals surface area contributed by atoms with E-state index in [-0.39, 0.29) is 17.8 Å². The predicted molar refractivity (Wildman–Crippen MR) is 131 cm³/mol. The standard InChI is InChI=1S/C25H19Cl2N3O4/c1-2-30-24(32)20-11-7-6-10-19(20)21(29-30)25(33)34-22(15-8-4-3-5-9-15)23(31)28-18-13-16(26)12-17(27)14-18/h3-14,22H,2H2,1H3,(H,28,31). The fraction of sp³-hybridized carbons (Fsp3) is 0.120. The van der Waals surface area contributed by atoms with E-state index in [4.69, 9.17) is 27.9 Å². The minimum atomic E-state index is -1.30. The molecule has 0 radical (unpaired) electrons. The predicted octanol–water partition coefficient (Wildman–Crippen LogP) is 5.26. The molecule has 0 bridgehead atoms. The highest BCUT2D eigenvalue weighted by Gasteiger charge is 2.28. The maximum atomic E-state index is 13.3. The van der Waals surface area contributed by atoms with Gasteiger partial charge >= 0.3 is 5.97 Å². The topological polar surface area (TPSA) is 90.3 Å². The Kier molecular flexibility index (Phi) is 6.95. The second-order valence-electron chi connectivity index (χ2n) is 7.36. The molecule has 0 spiro atoms. The first-order valence-corrected chi connectivity index (χ1v) is 11.2. The lowest BCUT2D eigenvalue weighted by molar-refractivity contribution is -0.125. The number of nitrogens with zero attached hydrogens (tertiary/aromatic N) is 2. The number of esters is 1. The number of hydrogen-bond acceptors (Lipinski definition) is 5. The molecule has 34 heavy (non-hydrogen) atoms. The van der Waals surface area contributed by atoms with Crippen LogP contribution < -0.4 is 10.9 Å². The van der Waals surface area contributed by atoms with E-state index >= 15 is 0 Å². The maximum absolute atomic E-state index is 13.3. The lowest BCUT2D eigenvalue weighted by Crippen LogP contribution is -2.29. The summed E-state index contributed by atoms with van der Waals surface area (Å²) in [5, 5.41) is 8.24. The van der Waals surface area contributed by atoms with Crippen molar-refractivity contribution in [1.29, 1.82) is 0 Å². The fourth-order valence-electron chi connectivity index (χ4n) is 3.50. The van der Waals surface area contributed by atoms with E-state index in [0.717, 1.165) is 0 Å². The number of fused-ring (bicyclic) bond motifs is 1. The highest BCUT2D eigenvalue weighted by atomic mass is 35.5. The summed E-state index contributed by atoms with van der Waals surface area (Å²) in [7, 11) is 0. The summed E-state index contributed by atoms with van der Waals surface area (Å²) in [5.41, 5.74) is 0.429. The number of halogens is 2. The smallest absolute Gasteiger partial charge is 0.360 e. The minimum absolute atomic E-state index is 0.0587. The van der Waals surface area contributed by atoms with Crippen LogP contribution in [0, 0.1) is 0 Å². The van der Waals surface area contributed by atoms with Crippen LogP contribution in [-0.4, -0.2) is 21.7 Å². The molecule has 0 aliphatic rings. The van der Waals surface area contributed by atoms with Crippen LogP contribution >= 0.6 is 23.2 Å². The van der Waals surface area contributed by atoms with Crippen LogP contribution in [0.25, 0.3) is 10.8 Å². The molecule has 4 rings (SSSR count). The molecule has 0 aliphatic heterocycles. The summed E-state index contributed by atoms with van der Waals surface area (Å²) in [4.78, 5) is 39.1. The number of amides is 1. The molecule has 0 saturated carbocycles. The van der Waals surface area contributed by atoms with E-state index in [2.05, 4.69) is 10.4 Å². The second kappa shape index (κ2) is 10.1. The van der Waals surface area contributed by atoms with Gasteiger partial charge in [0, 0.05) is 33.2 Å². The van der Waals surface area contributed by atoms with E-state index in [1.165, 1.54) is 22.9 Å². The van der Waals surface area contributed by atoms with Crippen LogP contribution in [0.5, 0.6) is 0 Å². The van der Waals surface area contributed by atoms with Crippen LogP contribution in [-0.2, 0) is 16.1 Å². The van der Waals surface area contributed by atoms with Crippen LogP contribution in [0.4, 0.5) is 5.69 Å². The average Bonchev–Trinajstić information content (AvgIpc) is 2.82. The molecular formula is C25H19Cl2N3O4. The lowest BCUT2D eigenvalue weighted by atomic mass is 10.1. The molecule has 0 fully saturated rings. The van der Waals surface area contributed by atoms with Crippen molar-refractivity contribution in [1.82, 2.24) is 9.78 Å². The number of aryl methyl sites for hydroxylation is 1. The molecule has 0 saturated heterocycles. The molecule has 1 unspecified atom stereocenters. The molecule has 1 heterocycles. The normalized spacial score (nSPS) is 11.7. The van der Waals surface area contributed by atoms with Crippen molar-refractivity contribution in [2.45, 2.75) is 19.6 Å². The van der Waals surface area contributed by atoms with Gasteiger partial charge in [-0.15, -0.1) is 0 Å². The Labute approximate surface area is 204 Å². The zero-order valence-electron chi connectivity index (χ0n) is 18.0. The van der Waals surface area contributed by atoms with Gasteiger partial charge in [0.15, 0.2) is 5.69 Å². The van der Waals surface area contributed by atoms with Gasteiger partial charge < -0.3 is 10.1 Å². The Hall–Kier alpha value is -3.68. The summed E-state index contributed by atoms with van der Waals surface area (Å²) >= 11 is 12.1. The van der Waals surface area contributed by atoms with Gasteiger partial charge in [-0.3, -0.25) is 9.59 Å². The molecule has 172 valence electrons. The molecule has 7 nitrogen and oxygen atoms in total. The van der Waals surface area contributed by atoms with E-state index in [9.17, 15) is 14.4 Å². The maximum Gasteiger partial charge on any atom is 0.360 e. The van der Waals surface area contributed by atoms with Gasteiger partial charge in [0.05, 0.1) is 5.39 Å². The summed E-state index contributed by atoms with van der Waals surface area (Å²) in [6, 6.07) is 19.8. The first-order valence-electron chi connectivity index (χ1n) is 10.4. The van der Waals surface area contributed by atoms with Crippen LogP contribution in [0.15, 0.2) is 77.6 Å². The van der Waals surface area contributed by atoms with Crippen LogP contribution in [0.1, 0.15) is 29.1 Å². The Balaban J connectivity index is 1.72. The number of nitrogens with one attached hydrogen (secondary N) is 1. The first kappa shape index (κ1) is 23.5. The van der Waals surface area contributed by atoms with Crippen molar-refractivity contribution in [3.8, 4) is 0 Å². The minimum Gasteiger partial charge on any atom is -0.442 e. The highest BCUT2D eigenvalue weighted by Crippen LogP contribution is 2.26. The Morgan fingerprint density at radius 1 is 0.971 bits per heavy atom. The molecule has 1 N–H and O–H groups in total. The van der Waals surface area contributed by atoms with Crippen LogP contribution in [0.3, 0.4) is 0 Å². The zero-order valence-corrected chi connectivity index (χ0v) is 19.5. The number of rotatable bonds is 6. The van der Waals surface area contributed by atoms with Gasteiger partial charge in [0.1, 0.15) is 0 Å². The van der Waals surface area contributed by atoms with Crippen molar-refractivity contribution in [3.63, 3.8) is 0 Å². The zero-order chi connectivity index (χ0) is 24.2. The molecule has 9 heteroatoms. The molecule has 0 aliphatic carbocycles. The Bertz CT molecular complexity index is 1420. The number of anilines is 1. The van der Waals surface area contributed by atoms with Crippen molar-refractivity contribution in [2.24, 2.45) is 0 Å². The fourth-order valence-corrected chi connectivity index (χ4v) is 4.02. The van der Waals surface area contributed by atoms with E-state index in [1.54, 1.807) is 61.5 Å². The number of carbonyl (C=O) groups excluding carboxylic acids is 2. The number of benzene rings is 3. The number of carbonyl (C=O) groups is 2. The summed E-state index contributed by atoms with van der Waals surface area (Å²) in [6.45, 7) is 2.01. The monoisotopic (exact) mass is 495 g/mol. The van der Waals surface area contributed by atoms with E-state index in [0.29, 0.717) is 32.1 Å². The quantitative estimate of drug-likeness (QED) is 0.368. The number of aromatic nitrogens is 2. The third kappa shape index (κ3) is 4.95. The molecule has 1 atom stereocenters. The summed E-state index contributed by atoms with van der Waals surface area (Å²) < 4.78 is 6.85. The SMILES string of the molecule is CCn1nc(C(=O)OC(C(=O)Nc2cc(Cl)cc(Cl)c2)c2ccccc2)c2ccccc2c1=O. The van der Waals surface area contributed by atoms with Gasteiger partial charge in [0.2, 0.25) is 6.10 Å². The van der Waals surface area contributed by atoms with Gasteiger partial charge in [-0.25, -0.2) is 9.48 Å². The van der Waals surface area contributed by atoms with Crippen molar-refractivity contribution < 1.29 is 14.3 Å². The highest BCUT2D eigenvalue weighted by molar-refractivity contribution is 6.35. The summed E-state index contributed by atoms with van der Waals surface area (Å²) in [5.74, 6) is -1.45. The largest absolute Gasteiger partial charge is 0.442 e. The lowest BCUT2D eigenvalue weighted by Gasteiger charge is -2.19. The third-order valence-electron chi connectivity index (χ3n) is 5.06. The van der Waals surface area contributed by atoms with Gasteiger partial charge in [0.25, 0.3) is 11.5 Å². The van der Waals surface area contributed by atoms with Crippen molar-refractivity contribution in [2.75, 3.05) is 5.32 Å². The first-order chi connectivity index (χ1) is 16.4. The average molecular weight is 496 g/mol. The van der Waals surface area contributed by atoms with Gasteiger partial charge in [-0.1, -0.05) is 71.7 Å².